The third kappa shape index (κ3) is 8.55. The first-order chi connectivity index (χ1) is 24.3. The highest BCUT2D eigenvalue weighted by Gasteiger charge is 2.42. The molecule has 0 fully saturated rings. The predicted octanol–water partition coefficient (Wildman–Crippen LogP) is 9.81. The number of hydrogen-bond donors (Lipinski definition) is 0. The molecule has 0 spiro atoms. The second-order valence-corrected chi connectivity index (χ2v) is 14.6. The van der Waals surface area contributed by atoms with Crippen molar-refractivity contribution < 1.29 is 37.1 Å². The molecule has 0 aliphatic carbocycles. The van der Waals surface area contributed by atoms with Crippen LogP contribution in [0.5, 0.6) is 17.2 Å². The van der Waals surface area contributed by atoms with E-state index in [4.69, 9.17) is 13.6 Å². The van der Waals surface area contributed by atoms with Crippen LogP contribution in [0.25, 0.3) is 0 Å². The molecule has 1 unspecified atom stereocenters. The van der Waals surface area contributed by atoms with Gasteiger partial charge in [-0.3, -0.25) is 18.9 Å². The Kier molecular flexibility index (Phi) is 10.5. The monoisotopic (exact) mass is 699 g/mol. The van der Waals surface area contributed by atoms with Crippen LogP contribution in [0.4, 0.5) is 0 Å². The first-order valence-electron chi connectivity index (χ1n) is 15.5. The molecule has 0 saturated carbocycles. The lowest BCUT2D eigenvalue weighted by Gasteiger charge is -2.17. The van der Waals surface area contributed by atoms with Gasteiger partial charge in [-0.25, -0.2) is 4.57 Å². The molecule has 6 aromatic rings. The second-order valence-electron chi connectivity index (χ2n) is 11.0. The van der Waals surface area contributed by atoms with Crippen LogP contribution in [0.3, 0.4) is 0 Å². The van der Waals surface area contributed by atoms with Crippen molar-refractivity contribution in [3.8, 4) is 17.2 Å². The van der Waals surface area contributed by atoms with Crippen molar-refractivity contribution in [2.45, 2.75) is 0 Å². The summed E-state index contributed by atoms with van der Waals surface area (Å²) in [5.74, 6) is -0.801. The highest BCUT2D eigenvalue weighted by molar-refractivity contribution is 7.66. The maximum absolute atomic E-state index is 14.2. The first-order valence-corrected chi connectivity index (χ1v) is 18.6. The molecule has 0 saturated heterocycles. The lowest BCUT2D eigenvalue weighted by atomic mass is 10.0. The van der Waals surface area contributed by atoms with E-state index >= 15 is 0 Å². The summed E-state index contributed by atoms with van der Waals surface area (Å²) in [5, 5.41) is 0. The number of hydrogen-bond acceptors (Lipinski definition) is 8. The van der Waals surface area contributed by atoms with E-state index in [2.05, 4.69) is 0 Å². The third-order valence-electron chi connectivity index (χ3n) is 7.44. The molecule has 0 aliphatic rings. The molecule has 0 aliphatic heterocycles. The fourth-order valence-electron chi connectivity index (χ4n) is 4.96. The fourth-order valence-corrected chi connectivity index (χ4v) is 8.06. The van der Waals surface area contributed by atoms with Gasteiger partial charge in [-0.2, -0.15) is 0 Å². The second kappa shape index (κ2) is 15.5. The topological polar surface area (TPSA) is 113 Å². The van der Waals surface area contributed by atoms with Crippen LogP contribution >= 0.6 is 15.6 Å². The number of carbonyl (C=O) groups excluding carboxylic acids is 3. The summed E-state index contributed by atoms with van der Waals surface area (Å²) < 4.78 is 44.8. The average Bonchev–Trinajstić information content (AvgIpc) is 3.15. The van der Waals surface area contributed by atoms with Crippen LogP contribution in [0.15, 0.2) is 164 Å². The van der Waals surface area contributed by atoms with E-state index < -0.39 is 21.5 Å². The van der Waals surface area contributed by atoms with Crippen LogP contribution < -0.4 is 13.6 Å². The quantitative estimate of drug-likeness (QED) is 0.0816. The number of rotatable bonds is 14. The third-order valence-corrected chi connectivity index (χ3v) is 11.1. The Morgan fingerprint density at radius 1 is 0.420 bits per heavy atom. The van der Waals surface area contributed by atoms with E-state index in [-0.39, 0.29) is 34.6 Å². The van der Waals surface area contributed by atoms with Crippen molar-refractivity contribution in [2.24, 2.45) is 0 Å². The summed E-state index contributed by atoms with van der Waals surface area (Å²) in [5.41, 5.74) is 2.74. The molecule has 6 rings (SSSR count). The molecule has 8 nitrogen and oxygen atoms in total. The summed E-state index contributed by atoms with van der Waals surface area (Å²) in [7, 11) is -6.90. The van der Waals surface area contributed by atoms with Crippen LogP contribution in [0.1, 0.15) is 47.8 Å². The minimum absolute atomic E-state index is 0.112. The van der Waals surface area contributed by atoms with Crippen LogP contribution in [-0.2, 0) is 9.13 Å². The summed E-state index contributed by atoms with van der Waals surface area (Å²) in [4.78, 5) is 38.5. The van der Waals surface area contributed by atoms with E-state index in [1.54, 1.807) is 84.9 Å². The molecule has 10 heteroatoms. The highest BCUT2D eigenvalue weighted by Crippen LogP contribution is 2.54. The molecule has 0 heterocycles. The van der Waals surface area contributed by atoms with E-state index in [1.165, 1.54) is 60.7 Å². The van der Waals surface area contributed by atoms with E-state index in [0.29, 0.717) is 33.4 Å². The standard InChI is InChI=1S/C40H29O8P2/c41-38(29-10-4-1-5-11-29)32-16-22-35(23-17-32)46-49(44)28-50(45,47-36-24-18-33(19-25-36)39(42)30-12-6-2-7-13-30)48-37-26-20-34(21-27-37)40(43)31-14-8-3-9-15-31/h1-27H,28H2/q+1. The molecule has 50 heavy (non-hydrogen) atoms. The zero-order chi connectivity index (χ0) is 34.9. The van der Waals surface area contributed by atoms with Gasteiger partial charge in [0, 0.05) is 33.4 Å². The Bertz CT molecular complexity index is 2070. The largest absolute Gasteiger partial charge is 0.571 e. The number of benzene rings is 6. The Hall–Kier alpha value is -5.94. The normalized spacial score (nSPS) is 11.2. The lowest BCUT2D eigenvalue weighted by Crippen LogP contribution is -2.06. The van der Waals surface area contributed by atoms with E-state index in [1.807, 2.05) is 18.2 Å². The maximum atomic E-state index is 14.2. The molecular weight excluding hydrogens is 670 g/mol. The van der Waals surface area contributed by atoms with Gasteiger partial charge in [-0.15, -0.1) is 0 Å². The van der Waals surface area contributed by atoms with Gasteiger partial charge in [0.2, 0.25) is 0 Å². The Balaban J connectivity index is 1.19. The highest BCUT2D eigenvalue weighted by atomic mass is 31.2. The molecule has 6 aromatic carbocycles. The molecule has 246 valence electrons. The van der Waals surface area contributed by atoms with Crippen molar-refractivity contribution >= 4 is 33.0 Å². The van der Waals surface area contributed by atoms with Crippen molar-refractivity contribution in [2.75, 3.05) is 5.90 Å². The molecule has 0 amide bonds. The maximum Gasteiger partial charge on any atom is 0.571 e. The molecule has 0 bridgehead atoms. The predicted molar refractivity (Wildman–Crippen MR) is 191 cm³/mol. The Morgan fingerprint density at radius 2 is 0.700 bits per heavy atom. The molecular formula is C40H29O8P2+. The van der Waals surface area contributed by atoms with Gasteiger partial charge in [0.25, 0.3) is 0 Å². The fraction of sp³-hybridized carbons (Fsp3) is 0.0250. The summed E-state index contributed by atoms with van der Waals surface area (Å²) in [6.45, 7) is 0. The Labute approximate surface area is 289 Å². The van der Waals surface area contributed by atoms with Gasteiger partial charge < -0.3 is 9.05 Å². The zero-order valence-electron chi connectivity index (χ0n) is 26.5. The van der Waals surface area contributed by atoms with Gasteiger partial charge in [-0.05, 0) is 77.4 Å². The Morgan fingerprint density at radius 3 is 1.02 bits per heavy atom. The molecule has 0 N–H and O–H groups in total. The van der Waals surface area contributed by atoms with Crippen LogP contribution in [0, 0.1) is 0 Å². The van der Waals surface area contributed by atoms with Crippen LogP contribution in [0.2, 0.25) is 0 Å². The van der Waals surface area contributed by atoms with Gasteiger partial charge in [-0.1, -0.05) is 91.0 Å². The van der Waals surface area contributed by atoms with Gasteiger partial charge in [0.15, 0.2) is 23.1 Å². The minimum atomic E-state index is -4.25. The summed E-state index contributed by atoms with van der Waals surface area (Å²) >= 11 is 0. The van der Waals surface area contributed by atoms with Gasteiger partial charge in [0.05, 0.1) is 0 Å². The van der Waals surface area contributed by atoms with Crippen molar-refractivity contribution in [1.82, 2.24) is 0 Å². The van der Waals surface area contributed by atoms with Crippen LogP contribution in [-0.4, -0.2) is 23.3 Å². The SMILES string of the molecule is O=C(c1ccccc1)c1ccc(O[P+](=O)CP(=O)(Oc2ccc(C(=O)c3ccccc3)cc2)Oc2ccc(C(=O)c3ccccc3)cc2)cc1. The average molecular weight is 700 g/mol. The zero-order valence-corrected chi connectivity index (χ0v) is 28.2. The van der Waals surface area contributed by atoms with Crippen molar-refractivity contribution in [1.29, 1.82) is 0 Å². The first kappa shape index (κ1) is 33.9. The smallest absolute Gasteiger partial charge is 0.413 e. The molecule has 0 aromatic heterocycles. The molecule has 1 atom stereocenters. The summed E-state index contributed by atoms with van der Waals surface area (Å²) in [6, 6.07) is 44.5. The van der Waals surface area contributed by atoms with Crippen molar-refractivity contribution in [3.63, 3.8) is 0 Å². The number of ketones is 3. The summed E-state index contributed by atoms with van der Waals surface area (Å²) in [6.07, 6.45) is 0. The van der Waals surface area contributed by atoms with E-state index in [0.717, 1.165) is 0 Å². The van der Waals surface area contributed by atoms with Gasteiger partial charge >= 0.3 is 21.5 Å². The molecule has 0 radical (unpaired) electrons. The number of carbonyl (C=O) groups is 3. The minimum Gasteiger partial charge on any atom is -0.413 e. The van der Waals surface area contributed by atoms with E-state index in [9.17, 15) is 23.5 Å². The van der Waals surface area contributed by atoms with Gasteiger partial charge in [0.1, 0.15) is 11.5 Å². The lowest BCUT2D eigenvalue weighted by molar-refractivity contribution is 0.103. The van der Waals surface area contributed by atoms with Crippen molar-refractivity contribution in [3.05, 3.63) is 197 Å².